The smallest absolute Gasteiger partial charge is 0.330 e. The zero-order valence-electron chi connectivity index (χ0n) is 20.8. The Bertz CT molecular complexity index is 1110. The Balaban J connectivity index is 1.90. The monoisotopic (exact) mass is 500 g/mol. The zero-order valence-corrected chi connectivity index (χ0v) is 20.8. The maximum atomic E-state index is 11.9. The number of allylic oxidation sites excluding steroid dienone is 1. The van der Waals surface area contributed by atoms with Crippen LogP contribution >= 0.6 is 0 Å². The van der Waals surface area contributed by atoms with E-state index < -0.39 is 24.3 Å². The quantitative estimate of drug-likeness (QED) is 0.162. The van der Waals surface area contributed by atoms with Gasteiger partial charge in [-0.05, 0) is 34.9 Å². The fourth-order valence-corrected chi connectivity index (χ4v) is 3.59. The summed E-state index contributed by atoms with van der Waals surface area (Å²) in [5.41, 5.74) is 2.90. The summed E-state index contributed by atoms with van der Waals surface area (Å²) < 4.78 is 23.7. The summed E-state index contributed by atoms with van der Waals surface area (Å²) in [5.74, 6) is -0.514. The van der Waals surface area contributed by atoms with Gasteiger partial charge in [-0.25, -0.2) is 4.79 Å². The molecule has 0 aliphatic rings. The highest BCUT2D eigenvalue weighted by Gasteiger charge is 2.30. The van der Waals surface area contributed by atoms with E-state index in [1.807, 2.05) is 91.0 Å². The SMILES string of the molecule is COC(=O)/C=C/[C@@H](OCc1ccccc1)[C@H](OCc1ccccc1)[C@H](/C=C/C=O)OCc1ccccc1. The van der Waals surface area contributed by atoms with Crippen LogP contribution in [0, 0.1) is 0 Å². The molecule has 3 atom stereocenters. The number of methoxy groups -OCH3 is 1. The number of carbonyl (C=O) groups excluding carboxylic acids is 2. The van der Waals surface area contributed by atoms with Gasteiger partial charge in [0.25, 0.3) is 0 Å². The van der Waals surface area contributed by atoms with Gasteiger partial charge in [-0.15, -0.1) is 0 Å². The van der Waals surface area contributed by atoms with Crippen molar-refractivity contribution >= 4 is 12.3 Å². The molecule has 0 spiro atoms. The second kappa shape index (κ2) is 16.0. The highest BCUT2D eigenvalue weighted by molar-refractivity contribution is 5.81. The fourth-order valence-electron chi connectivity index (χ4n) is 3.59. The fraction of sp³-hybridized carbons (Fsp3) is 0.226. The van der Waals surface area contributed by atoms with Crippen molar-refractivity contribution in [1.29, 1.82) is 0 Å². The van der Waals surface area contributed by atoms with Crippen LogP contribution in [0.25, 0.3) is 0 Å². The van der Waals surface area contributed by atoms with Gasteiger partial charge in [-0.1, -0.05) is 91.0 Å². The van der Waals surface area contributed by atoms with Crippen molar-refractivity contribution in [3.8, 4) is 0 Å². The van der Waals surface area contributed by atoms with Gasteiger partial charge in [0.05, 0.1) is 26.9 Å². The van der Waals surface area contributed by atoms with Gasteiger partial charge in [0.1, 0.15) is 24.6 Å². The van der Waals surface area contributed by atoms with Crippen molar-refractivity contribution in [3.63, 3.8) is 0 Å². The van der Waals surface area contributed by atoms with Crippen molar-refractivity contribution in [2.45, 2.75) is 38.1 Å². The van der Waals surface area contributed by atoms with Crippen LogP contribution in [0.15, 0.2) is 115 Å². The molecule has 0 N–H and O–H groups in total. The minimum absolute atomic E-state index is 0.281. The lowest BCUT2D eigenvalue weighted by molar-refractivity contribution is -0.135. The number of esters is 1. The van der Waals surface area contributed by atoms with Gasteiger partial charge >= 0.3 is 5.97 Å². The third-order valence-electron chi connectivity index (χ3n) is 5.51. The summed E-state index contributed by atoms with van der Waals surface area (Å²) in [7, 11) is 1.31. The van der Waals surface area contributed by atoms with E-state index >= 15 is 0 Å². The lowest BCUT2D eigenvalue weighted by atomic mass is 10.1. The molecule has 0 radical (unpaired) electrons. The second-order valence-corrected chi connectivity index (χ2v) is 8.19. The number of hydrogen-bond donors (Lipinski definition) is 0. The number of carbonyl (C=O) groups is 2. The van der Waals surface area contributed by atoms with Crippen LogP contribution in [0.2, 0.25) is 0 Å². The van der Waals surface area contributed by atoms with Crippen LogP contribution in [-0.4, -0.2) is 37.7 Å². The van der Waals surface area contributed by atoms with E-state index in [0.29, 0.717) is 12.9 Å². The van der Waals surface area contributed by atoms with Crippen molar-refractivity contribution in [2.24, 2.45) is 0 Å². The van der Waals surface area contributed by atoms with Crippen LogP contribution in [0.3, 0.4) is 0 Å². The molecular formula is C31H32O6. The highest BCUT2D eigenvalue weighted by atomic mass is 16.6. The normalized spacial score (nSPS) is 13.9. The van der Waals surface area contributed by atoms with Crippen molar-refractivity contribution in [1.82, 2.24) is 0 Å². The maximum Gasteiger partial charge on any atom is 0.330 e. The molecule has 0 saturated carbocycles. The molecule has 0 aliphatic carbocycles. The Labute approximate surface area is 218 Å². The molecule has 0 bridgehead atoms. The number of hydrogen-bond acceptors (Lipinski definition) is 6. The molecule has 6 heteroatoms. The van der Waals surface area contributed by atoms with Gasteiger partial charge in [0.15, 0.2) is 0 Å². The summed E-state index contributed by atoms with van der Waals surface area (Å²) in [6.45, 7) is 0.861. The molecule has 37 heavy (non-hydrogen) atoms. The van der Waals surface area contributed by atoms with E-state index in [9.17, 15) is 9.59 Å². The topological polar surface area (TPSA) is 71.1 Å². The predicted octanol–water partition coefficient (Wildman–Crippen LogP) is 5.23. The van der Waals surface area contributed by atoms with E-state index in [2.05, 4.69) is 0 Å². The lowest BCUT2D eigenvalue weighted by Gasteiger charge is -2.31. The minimum atomic E-state index is -0.694. The molecule has 3 aromatic carbocycles. The third kappa shape index (κ3) is 9.97. The van der Waals surface area contributed by atoms with Gasteiger partial charge in [0.2, 0.25) is 0 Å². The molecule has 3 rings (SSSR count). The Kier molecular flexibility index (Phi) is 12.0. The largest absolute Gasteiger partial charge is 0.466 e. The Morgan fingerprint density at radius 3 is 1.54 bits per heavy atom. The first-order valence-electron chi connectivity index (χ1n) is 12.0. The summed E-state index contributed by atoms with van der Waals surface area (Å²) >= 11 is 0. The predicted molar refractivity (Wildman–Crippen MR) is 141 cm³/mol. The molecule has 192 valence electrons. The van der Waals surface area contributed by atoms with E-state index in [1.54, 1.807) is 12.2 Å². The van der Waals surface area contributed by atoms with Crippen LogP contribution in [0.5, 0.6) is 0 Å². The molecule has 0 amide bonds. The van der Waals surface area contributed by atoms with Crippen molar-refractivity contribution in [3.05, 3.63) is 132 Å². The number of rotatable bonds is 15. The van der Waals surface area contributed by atoms with E-state index in [0.717, 1.165) is 16.7 Å². The molecule has 0 unspecified atom stereocenters. The molecule has 0 saturated heterocycles. The van der Waals surface area contributed by atoms with Gasteiger partial charge in [-0.2, -0.15) is 0 Å². The zero-order chi connectivity index (χ0) is 26.1. The van der Waals surface area contributed by atoms with E-state index in [-0.39, 0.29) is 13.2 Å². The van der Waals surface area contributed by atoms with Gasteiger partial charge in [-0.3, -0.25) is 4.79 Å². The van der Waals surface area contributed by atoms with Crippen LogP contribution in [0.1, 0.15) is 16.7 Å². The van der Waals surface area contributed by atoms with Crippen LogP contribution in [0.4, 0.5) is 0 Å². The van der Waals surface area contributed by atoms with Crippen molar-refractivity contribution < 1.29 is 28.5 Å². The molecular weight excluding hydrogens is 468 g/mol. The average Bonchev–Trinajstić information content (AvgIpc) is 2.96. The first kappa shape index (κ1) is 27.7. The molecule has 0 aliphatic heterocycles. The average molecular weight is 501 g/mol. The molecule has 0 aromatic heterocycles. The van der Waals surface area contributed by atoms with E-state index in [1.165, 1.54) is 19.3 Å². The van der Waals surface area contributed by atoms with Gasteiger partial charge < -0.3 is 18.9 Å². The molecule has 3 aromatic rings. The number of aldehydes is 1. The second-order valence-electron chi connectivity index (χ2n) is 8.19. The first-order valence-corrected chi connectivity index (χ1v) is 12.0. The molecule has 0 heterocycles. The van der Waals surface area contributed by atoms with Gasteiger partial charge in [0, 0.05) is 6.08 Å². The van der Waals surface area contributed by atoms with Crippen molar-refractivity contribution in [2.75, 3.05) is 7.11 Å². The minimum Gasteiger partial charge on any atom is -0.466 e. The third-order valence-corrected chi connectivity index (χ3v) is 5.51. The lowest BCUT2D eigenvalue weighted by Crippen LogP contribution is -2.41. The molecule has 6 nitrogen and oxygen atoms in total. The number of ether oxygens (including phenoxy) is 4. The van der Waals surface area contributed by atoms with Crippen LogP contribution < -0.4 is 0 Å². The first-order chi connectivity index (χ1) is 18.2. The Hall–Kier alpha value is -3.84. The van der Waals surface area contributed by atoms with Crippen LogP contribution in [-0.2, 0) is 48.4 Å². The summed E-state index contributed by atoms with van der Waals surface area (Å²) in [5, 5.41) is 0. The maximum absolute atomic E-state index is 11.9. The number of benzene rings is 3. The standard InChI is InChI=1S/C31H32O6/c1-34-30(33)20-19-29(36-23-26-14-7-3-8-15-26)31(37-24-27-16-9-4-10-17-27)28(18-11-21-32)35-22-25-12-5-2-6-13-25/h2-21,28-29,31H,22-24H2,1H3/b18-11+,20-19+/t28-,29+,31+/m0/s1. The summed E-state index contributed by atoms with van der Waals surface area (Å²) in [6.07, 6.45) is 4.60. The summed E-state index contributed by atoms with van der Waals surface area (Å²) in [6, 6.07) is 29.1. The summed E-state index contributed by atoms with van der Waals surface area (Å²) in [4.78, 5) is 23.2. The Morgan fingerprint density at radius 1 is 0.676 bits per heavy atom. The molecule has 0 fully saturated rings. The highest BCUT2D eigenvalue weighted by Crippen LogP contribution is 2.20. The van der Waals surface area contributed by atoms with E-state index in [4.69, 9.17) is 18.9 Å². The Morgan fingerprint density at radius 2 is 1.11 bits per heavy atom.